The van der Waals surface area contributed by atoms with Gasteiger partial charge in [-0.05, 0) is 24.1 Å². The predicted octanol–water partition coefficient (Wildman–Crippen LogP) is 3.24. The number of hydrogen-bond donors (Lipinski definition) is 1. The molecule has 1 aromatic carbocycles. The van der Waals surface area contributed by atoms with Crippen molar-refractivity contribution in [3.05, 3.63) is 35.5 Å². The molecule has 0 fully saturated rings. The lowest BCUT2D eigenvalue weighted by molar-refractivity contribution is -0.138. The highest BCUT2D eigenvalue weighted by atomic mass is 16.4. The van der Waals surface area contributed by atoms with Crippen molar-refractivity contribution in [1.82, 2.24) is 4.57 Å². The van der Waals surface area contributed by atoms with Crippen LogP contribution in [0.25, 0.3) is 10.9 Å². The summed E-state index contributed by atoms with van der Waals surface area (Å²) in [5, 5.41) is 10.2. The first-order chi connectivity index (χ1) is 8.31. The maximum atomic E-state index is 11.0. The summed E-state index contributed by atoms with van der Waals surface area (Å²) in [7, 11) is 2.00. The van der Waals surface area contributed by atoms with Crippen LogP contribution in [0.5, 0.6) is 0 Å². The maximum Gasteiger partial charge on any atom is 0.304 e. The fourth-order valence-corrected chi connectivity index (χ4v) is 2.51. The van der Waals surface area contributed by atoms with Gasteiger partial charge in [0, 0.05) is 29.6 Å². The Morgan fingerprint density at radius 1 is 1.39 bits per heavy atom. The molecule has 0 aliphatic heterocycles. The van der Waals surface area contributed by atoms with Gasteiger partial charge in [-0.3, -0.25) is 4.79 Å². The van der Waals surface area contributed by atoms with Gasteiger partial charge < -0.3 is 9.67 Å². The molecule has 3 heteroatoms. The van der Waals surface area contributed by atoms with Crippen LogP contribution in [0.15, 0.2) is 24.4 Å². The second-order valence-electron chi connectivity index (χ2n) is 5.63. The van der Waals surface area contributed by atoms with Crippen LogP contribution in [0.4, 0.5) is 0 Å². The molecule has 0 saturated carbocycles. The van der Waals surface area contributed by atoms with Crippen molar-refractivity contribution in [3.63, 3.8) is 0 Å². The van der Waals surface area contributed by atoms with E-state index in [9.17, 15) is 4.79 Å². The Morgan fingerprint density at radius 2 is 2.06 bits per heavy atom. The van der Waals surface area contributed by atoms with Gasteiger partial charge in [0.15, 0.2) is 0 Å². The number of carboxylic acids is 1. The first kappa shape index (κ1) is 12.7. The van der Waals surface area contributed by atoms with Crippen LogP contribution in [0.1, 0.15) is 31.4 Å². The van der Waals surface area contributed by atoms with Crippen molar-refractivity contribution >= 4 is 16.9 Å². The molecule has 0 unspecified atom stereocenters. The number of fused-ring (bicyclic) bond motifs is 1. The van der Waals surface area contributed by atoms with Crippen LogP contribution < -0.4 is 0 Å². The van der Waals surface area contributed by atoms with Gasteiger partial charge in [0.2, 0.25) is 0 Å². The molecule has 1 N–H and O–H groups in total. The zero-order valence-electron chi connectivity index (χ0n) is 11.3. The van der Waals surface area contributed by atoms with Crippen LogP contribution in [-0.2, 0) is 17.3 Å². The van der Waals surface area contributed by atoms with E-state index in [-0.39, 0.29) is 11.8 Å². The third kappa shape index (κ3) is 2.13. The molecule has 2 aromatic rings. The highest BCUT2D eigenvalue weighted by molar-refractivity contribution is 5.86. The molecule has 0 atom stereocenters. The summed E-state index contributed by atoms with van der Waals surface area (Å²) < 4.78 is 2.07. The number of hydrogen-bond acceptors (Lipinski definition) is 1. The lowest BCUT2D eigenvalue weighted by Crippen LogP contribution is -2.21. The van der Waals surface area contributed by atoms with Gasteiger partial charge in [0.1, 0.15) is 0 Å². The summed E-state index contributed by atoms with van der Waals surface area (Å²) in [6.45, 7) is 6.03. The largest absolute Gasteiger partial charge is 0.481 e. The minimum Gasteiger partial charge on any atom is -0.481 e. The topological polar surface area (TPSA) is 42.2 Å². The number of carboxylic acid groups (broad SMARTS) is 1. The number of aryl methyl sites for hydroxylation is 2. The number of nitrogens with zero attached hydrogens (tertiary/aromatic N) is 1. The summed E-state index contributed by atoms with van der Waals surface area (Å²) in [5.41, 5.74) is 3.11. The molecule has 18 heavy (non-hydrogen) atoms. The number of carbonyl (C=O) groups is 1. The molecule has 1 heterocycles. The summed E-state index contributed by atoms with van der Waals surface area (Å²) in [5.74, 6) is -0.760. The van der Waals surface area contributed by atoms with Gasteiger partial charge >= 0.3 is 5.97 Å². The maximum absolute atomic E-state index is 11.0. The lowest BCUT2D eigenvalue weighted by Gasteiger charge is -2.22. The lowest BCUT2D eigenvalue weighted by atomic mass is 9.81. The molecule has 0 bridgehead atoms. The molecule has 3 nitrogen and oxygen atoms in total. The molecule has 0 amide bonds. The third-order valence-electron chi connectivity index (χ3n) is 3.47. The fraction of sp³-hybridized carbons (Fsp3) is 0.400. The average Bonchev–Trinajstić information content (AvgIpc) is 2.55. The molecule has 0 radical (unpaired) electrons. The summed E-state index contributed by atoms with van der Waals surface area (Å²) in [6.07, 6.45) is 2.19. The van der Waals surface area contributed by atoms with Crippen molar-refractivity contribution in [2.24, 2.45) is 7.05 Å². The van der Waals surface area contributed by atoms with Crippen LogP contribution in [0.3, 0.4) is 0 Å². The molecular weight excluding hydrogens is 226 g/mol. The smallest absolute Gasteiger partial charge is 0.304 e. The minimum absolute atomic E-state index is 0.139. The van der Waals surface area contributed by atoms with Gasteiger partial charge in [0.25, 0.3) is 0 Å². The highest BCUT2D eigenvalue weighted by Crippen LogP contribution is 2.34. The average molecular weight is 245 g/mol. The van der Waals surface area contributed by atoms with E-state index in [1.165, 1.54) is 5.56 Å². The van der Waals surface area contributed by atoms with E-state index in [1.54, 1.807) is 0 Å². The van der Waals surface area contributed by atoms with E-state index in [4.69, 9.17) is 5.11 Å². The molecule has 1 aromatic heterocycles. The van der Waals surface area contributed by atoms with E-state index < -0.39 is 5.97 Å². The van der Waals surface area contributed by atoms with E-state index in [0.29, 0.717) is 0 Å². The fourth-order valence-electron chi connectivity index (χ4n) is 2.51. The Labute approximate surface area is 107 Å². The van der Waals surface area contributed by atoms with Crippen LogP contribution >= 0.6 is 0 Å². The Hall–Kier alpha value is -1.77. The van der Waals surface area contributed by atoms with Crippen LogP contribution in [0.2, 0.25) is 0 Å². The van der Waals surface area contributed by atoms with Crippen molar-refractivity contribution in [3.8, 4) is 0 Å². The normalized spacial score (nSPS) is 12.0. The second kappa shape index (κ2) is 4.16. The number of rotatable bonds is 3. The van der Waals surface area contributed by atoms with E-state index >= 15 is 0 Å². The van der Waals surface area contributed by atoms with Crippen LogP contribution in [0, 0.1) is 6.92 Å². The van der Waals surface area contributed by atoms with Gasteiger partial charge in [-0.15, -0.1) is 0 Å². The third-order valence-corrected chi connectivity index (χ3v) is 3.47. The number of aliphatic carboxylic acids is 1. The summed E-state index contributed by atoms with van der Waals surface area (Å²) >= 11 is 0. The minimum atomic E-state index is -0.760. The quantitative estimate of drug-likeness (QED) is 0.902. The van der Waals surface area contributed by atoms with Crippen molar-refractivity contribution in [1.29, 1.82) is 0 Å². The number of benzene rings is 1. The molecule has 0 spiro atoms. The zero-order chi connectivity index (χ0) is 13.5. The van der Waals surface area contributed by atoms with Gasteiger partial charge in [-0.1, -0.05) is 26.0 Å². The molecule has 0 aliphatic carbocycles. The van der Waals surface area contributed by atoms with E-state index in [2.05, 4.69) is 29.7 Å². The van der Waals surface area contributed by atoms with Crippen molar-refractivity contribution in [2.45, 2.75) is 32.6 Å². The SMILES string of the molecule is Cc1ccc2c(C(C)(C)CC(=O)O)cn(C)c2c1. The molecule has 0 aliphatic rings. The van der Waals surface area contributed by atoms with Gasteiger partial charge in [-0.2, -0.15) is 0 Å². The first-order valence-electron chi connectivity index (χ1n) is 6.09. The van der Waals surface area contributed by atoms with Crippen LogP contribution in [-0.4, -0.2) is 15.6 Å². The van der Waals surface area contributed by atoms with Crippen molar-refractivity contribution < 1.29 is 9.90 Å². The molecule has 2 rings (SSSR count). The second-order valence-corrected chi connectivity index (χ2v) is 5.63. The summed E-state index contributed by atoms with van der Waals surface area (Å²) in [4.78, 5) is 11.0. The Balaban J connectivity index is 2.62. The number of aromatic nitrogens is 1. The van der Waals surface area contributed by atoms with Gasteiger partial charge in [-0.25, -0.2) is 0 Å². The molecule has 0 saturated heterocycles. The molecular formula is C15H19NO2. The zero-order valence-corrected chi connectivity index (χ0v) is 11.3. The van der Waals surface area contributed by atoms with Crippen molar-refractivity contribution in [2.75, 3.05) is 0 Å². The standard InChI is InChI=1S/C15H19NO2/c1-10-5-6-11-12(9-16(4)13(11)7-10)15(2,3)8-14(17)18/h5-7,9H,8H2,1-4H3,(H,17,18). The predicted molar refractivity (Wildman–Crippen MR) is 72.9 cm³/mol. The van der Waals surface area contributed by atoms with Gasteiger partial charge in [0.05, 0.1) is 6.42 Å². The first-order valence-corrected chi connectivity index (χ1v) is 6.09. The highest BCUT2D eigenvalue weighted by Gasteiger charge is 2.27. The van der Waals surface area contributed by atoms with E-state index in [0.717, 1.165) is 16.5 Å². The molecule has 96 valence electrons. The van der Waals surface area contributed by atoms with E-state index in [1.807, 2.05) is 27.1 Å². The Morgan fingerprint density at radius 3 is 2.67 bits per heavy atom. The Kier molecular flexibility index (Phi) is 2.93. The Bertz CT molecular complexity index is 608. The monoisotopic (exact) mass is 245 g/mol. The summed E-state index contributed by atoms with van der Waals surface area (Å²) in [6, 6.07) is 6.29.